The van der Waals surface area contributed by atoms with Crippen molar-refractivity contribution < 1.29 is 18.7 Å². The number of methoxy groups -OCH3 is 1. The summed E-state index contributed by atoms with van der Waals surface area (Å²) in [7, 11) is 1.23. The van der Waals surface area contributed by atoms with Crippen molar-refractivity contribution in [2.75, 3.05) is 13.7 Å². The van der Waals surface area contributed by atoms with E-state index in [9.17, 15) is 9.18 Å². The predicted molar refractivity (Wildman–Crippen MR) is 56.5 cm³/mol. The second-order valence-corrected chi connectivity index (χ2v) is 3.63. The van der Waals surface area contributed by atoms with Crippen molar-refractivity contribution in [3.05, 3.63) is 30.1 Å². The highest BCUT2D eigenvalue weighted by Crippen LogP contribution is 2.16. The van der Waals surface area contributed by atoms with E-state index in [1.165, 1.54) is 26.2 Å². The lowest BCUT2D eigenvalue weighted by atomic mass is 10.1. The van der Waals surface area contributed by atoms with Crippen LogP contribution in [0.25, 0.3) is 0 Å². The first-order valence-corrected chi connectivity index (χ1v) is 4.72. The molecule has 0 saturated heterocycles. The van der Waals surface area contributed by atoms with Crippen LogP contribution < -0.4 is 10.5 Å². The number of hydrogen-bond donors (Lipinski definition) is 1. The van der Waals surface area contributed by atoms with E-state index in [4.69, 9.17) is 10.5 Å². The Morgan fingerprint density at radius 1 is 1.50 bits per heavy atom. The largest absolute Gasteiger partial charge is 0.488 e. The van der Waals surface area contributed by atoms with Gasteiger partial charge in [-0.15, -0.1) is 0 Å². The van der Waals surface area contributed by atoms with Gasteiger partial charge < -0.3 is 15.2 Å². The topological polar surface area (TPSA) is 61.5 Å². The van der Waals surface area contributed by atoms with E-state index < -0.39 is 17.3 Å². The van der Waals surface area contributed by atoms with Crippen molar-refractivity contribution in [1.29, 1.82) is 0 Å². The average Bonchev–Trinajstić information content (AvgIpc) is 2.27. The van der Waals surface area contributed by atoms with Crippen LogP contribution in [0.15, 0.2) is 24.3 Å². The molecule has 4 nitrogen and oxygen atoms in total. The number of ether oxygens (including phenoxy) is 2. The zero-order chi connectivity index (χ0) is 12.2. The van der Waals surface area contributed by atoms with E-state index in [-0.39, 0.29) is 12.4 Å². The molecule has 0 bridgehead atoms. The Bertz CT molecular complexity index is 379. The fourth-order valence-corrected chi connectivity index (χ4v) is 1.08. The first-order valence-electron chi connectivity index (χ1n) is 4.72. The summed E-state index contributed by atoms with van der Waals surface area (Å²) in [6, 6.07) is 5.90. The van der Waals surface area contributed by atoms with Crippen molar-refractivity contribution in [3.8, 4) is 5.75 Å². The molecule has 16 heavy (non-hydrogen) atoms. The van der Waals surface area contributed by atoms with Gasteiger partial charge in [0.05, 0.1) is 7.11 Å². The maximum atomic E-state index is 13.2. The average molecular weight is 227 g/mol. The fourth-order valence-electron chi connectivity index (χ4n) is 1.08. The standard InChI is InChI=1S/C11H14FNO3/c1-11(13,10(14)15-2)7-16-9-6-4-3-5-8(9)12/h3-6H,7,13H2,1-2H3. The number of hydrogen-bond acceptors (Lipinski definition) is 4. The van der Waals surface area contributed by atoms with Crippen LogP contribution >= 0.6 is 0 Å². The molecular weight excluding hydrogens is 213 g/mol. The Morgan fingerprint density at radius 3 is 2.69 bits per heavy atom. The third kappa shape index (κ3) is 2.93. The highest BCUT2D eigenvalue weighted by molar-refractivity contribution is 5.80. The van der Waals surface area contributed by atoms with E-state index in [1.807, 2.05) is 0 Å². The summed E-state index contributed by atoms with van der Waals surface area (Å²) in [6.45, 7) is 1.31. The zero-order valence-corrected chi connectivity index (χ0v) is 9.20. The Labute approximate surface area is 93.2 Å². The highest BCUT2D eigenvalue weighted by atomic mass is 19.1. The fraction of sp³-hybridized carbons (Fsp3) is 0.364. The summed E-state index contributed by atoms with van der Waals surface area (Å²) in [6.07, 6.45) is 0. The first-order chi connectivity index (χ1) is 7.47. The van der Waals surface area contributed by atoms with Crippen molar-refractivity contribution in [3.63, 3.8) is 0 Å². The molecule has 0 aliphatic carbocycles. The lowest BCUT2D eigenvalue weighted by Gasteiger charge is -2.21. The minimum atomic E-state index is -1.29. The molecular formula is C11H14FNO3. The molecule has 0 saturated carbocycles. The Hall–Kier alpha value is -1.62. The van der Waals surface area contributed by atoms with Gasteiger partial charge in [0.25, 0.3) is 0 Å². The smallest absolute Gasteiger partial charge is 0.329 e. The molecule has 88 valence electrons. The molecule has 1 aromatic rings. The third-order valence-corrected chi connectivity index (χ3v) is 2.02. The van der Waals surface area contributed by atoms with Gasteiger partial charge in [-0.2, -0.15) is 0 Å². The van der Waals surface area contributed by atoms with E-state index >= 15 is 0 Å². The minimum Gasteiger partial charge on any atom is -0.488 e. The monoisotopic (exact) mass is 227 g/mol. The number of nitrogens with two attached hydrogens (primary N) is 1. The normalized spacial score (nSPS) is 14.0. The summed E-state index contributed by atoms with van der Waals surface area (Å²) in [5.41, 5.74) is 4.35. The van der Waals surface area contributed by atoms with Crippen LogP contribution in [-0.2, 0) is 9.53 Å². The lowest BCUT2D eigenvalue weighted by molar-refractivity contribution is -0.147. The molecule has 1 unspecified atom stereocenters. The number of benzene rings is 1. The van der Waals surface area contributed by atoms with Crippen LogP contribution in [0.5, 0.6) is 5.75 Å². The van der Waals surface area contributed by atoms with Gasteiger partial charge in [0, 0.05) is 0 Å². The SMILES string of the molecule is COC(=O)C(C)(N)COc1ccccc1F. The van der Waals surface area contributed by atoms with Gasteiger partial charge in [-0.3, -0.25) is 0 Å². The quantitative estimate of drug-likeness (QED) is 0.782. The summed E-state index contributed by atoms with van der Waals surface area (Å²) in [5.74, 6) is -1.05. The molecule has 0 amide bonds. The maximum absolute atomic E-state index is 13.2. The van der Waals surface area contributed by atoms with Crippen LogP contribution in [0.1, 0.15) is 6.92 Å². The molecule has 5 heteroatoms. The molecule has 2 N–H and O–H groups in total. The maximum Gasteiger partial charge on any atom is 0.329 e. The zero-order valence-electron chi connectivity index (χ0n) is 9.20. The van der Waals surface area contributed by atoms with Gasteiger partial charge in [-0.05, 0) is 19.1 Å². The van der Waals surface area contributed by atoms with Gasteiger partial charge in [-0.1, -0.05) is 12.1 Å². The molecule has 1 aromatic carbocycles. The highest BCUT2D eigenvalue weighted by Gasteiger charge is 2.30. The molecule has 0 aromatic heterocycles. The van der Waals surface area contributed by atoms with E-state index in [0.717, 1.165) is 0 Å². The number of halogens is 1. The number of carbonyl (C=O) groups is 1. The van der Waals surface area contributed by atoms with Crippen molar-refractivity contribution in [2.45, 2.75) is 12.5 Å². The number of carbonyl (C=O) groups excluding carboxylic acids is 1. The van der Waals surface area contributed by atoms with Crippen molar-refractivity contribution in [2.24, 2.45) is 5.73 Å². The van der Waals surface area contributed by atoms with Gasteiger partial charge in [0.1, 0.15) is 12.1 Å². The second-order valence-electron chi connectivity index (χ2n) is 3.63. The van der Waals surface area contributed by atoms with Crippen LogP contribution in [0, 0.1) is 5.82 Å². The Morgan fingerprint density at radius 2 is 2.12 bits per heavy atom. The summed E-state index contributed by atoms with van der Waals surface area (Å²) in [4.78, 5) is 11.2. The minimum absolute atomic E-state index is 0.0584. The molecule has 0 aliphatic heterocycles. The Kier molecular flexibility index (Phi) is 3.84. The van der Waals surface area contributed by atoms with Gasteiger partial charge in [0.2, 0.25) is 0 Å². The van der Waals surface area contributed by atoms with Crippen LogP contribution in [-0.4, -0.2) is 25.2 Å². The molecule has 0 aliphatic rings. The van der Waals surface area contributed by atoms with Gasteiger partial charge in [-0.25, -0.2) is 9.18 Å². The van der Waals surface area contributed by atoms with Gasteiger partial charge >= 0.3 is 5.97 Å². The molecule has 0 radical (unpaired) electrons. The number of esters is 1. The molecule has 1 rings (SSSR count). The summed E-state index contributed by atoms with van der Waals surface area (Å²) in [5, 5.41) is 0. The van der Waals surface area contributed by atoms with Gasteiger partial charge in [0.15, 0.2) is 11.6 Å². The van der Waals surface area contributed by atoms with E-state index in [1.54, 1.807) is 12.1 Å². The predicted octanol–water partition coefficient (Wildman–Crippen LogP) is 1.09. The van der Waals surface area contributed by atoms with E-state index in [0.29, 0.717) is 0 Å². The molecule has 0 spiro atoms. The first kappa shape index (κ1) is 12.4. The summed E-state index contributed by atoms with van der Waals surface area (Å²) < 4.78 is 22.8. The van der Waals surface area contributed by atoms with Crippen LogP contribution in [0.4, 0.5) is 4.39 Å². The lowest BCUT2D eigenvalue weighted by Crippen LogP contribution is -2.50. The van der Waals surface area contributed by atoms with Crippen LogP contribution in [0.2, 0.25) is 0 Å². The van der Waals surface area contributed by atoms with E-state index in [2.05, 4.69) is 4.74 Å². The molecule has 1 atom stereocenters. The van der Waals surface area contributed by atoms with Crippen molar-refractivity contribution in [1.82, 2.24) is 0 Å². The number of rotatable bonds is 4. The van der Waals surface area contributed by atoms with Crippen molar-refractivity contribution >= 4 is 5.97 Å². The van der Waals surface area contributed by atoms with Crippen LogP contribution in [0.3, 0.4) is 0 Å². The molecule has 0 heterocycles. The Balaban J connectivity index is 2.65. The number of para-hydroxylation sites is 1. The summed E-state index contributed by atoms with van der Waals surface area (Å²) >= 11 is 0. The third-order valence-electron chi connectivity index (χ3n) is 2.02. The second kappa shape index (κ2) is 4.94. The molecule has 0 fully saturated rings.